The quantitative estimate of drug-likeness (QED) is 0.374. The van der Waals surface area contributed by atoms with Gasteiger partial charge in [0.2, 0.25) is 0 Å². The molecule has 0 atom stereocenters. The van der Waals surface area contributed by atoms with Crippen LogP contribution in [0.25, 0.3) is 0 Å². The molecule has 0 N–H and O–H groups in total. The fraction of sp³-hybridized carbons (Fsp3) is 1.00. The van der Waals surface area contributed by atoms with Gasteiger partial charge >= 0.3 is 0 Å². The van der Waals surface area contributed by atoms with E-state index in [4.69, 9.17) is 0 Å². The first kappa shape index (κ1) is 20.1. The van der Waals surface area contributed by atoms with Crippen molar-refractivity contribution in [2.75, 3.05) is 0 Å². The van der Waals surface area contributed by atoms with Gasteiger partial charge in [0, 0.05) is 0 Å². The molecule has 122 valence electrons. The smallest absolute Gasteiger partial charge is 0.00196 e. The van der Waals surface area contributed by atoms with Crippen molar-refractivity contribution in [1.29, 1.82) is 0 Å². The van der Waals surface area contributed by atoms with Crippen LogP contribution in [0.2, 0.25) is 0 Å². The molecule has 0 fully saturated rings. The van der Waals surface area contributed by atoms with Crippen molar-refractivity contribution in [3.05, 3.63) is 0 Å². The monoisotopic (exact) mass is 304 g/mol. The summed E-state index contributed by atoms with van der Waals surface area (Å²) in [5.74, 6) is 0. The topological polar surface area (TPSA) is 63.2 Å². The van der Waals surface area contributed by atoms with Crippen LogP contribution in [0.5, 0.6) is 0 Å². The maximum absolute atomic E-state index is 11.9. The van der Waals surface area contributed by atoms with Crippen molar-refractivity contribution in [3.8, 4) is 0 Å². The second kappa shape index (κ2) is 10.8. The SMILES string of the molecule is CCCCCCCC(CCCC)(CCCC)P(=O)([O-])[O-]. The lowest BCUT2D eigenvalue weighted by Crippen LogP contribution is -2.39. The lowest BCUT2D eigenvalue weighted by molar-refractivity contribution is -0.321. The van der Waals surface area contributed by atoms with Crippen LogP contribution in [0.3, 0.4) is 0 Å². The molecule has 4 heteroatoms. The molecular weight excluding hydrogens is 271 g/mol. The average molecular weight is 304 g/mol. The largest absolute Gasteiger partial charge is 0.810 e. The maximum Gasteiger partial charge on any atom is -0.00196 e. The number of hydrogen-bond donors (Lipinski definition) is 0. The predicted molar refractivity (Wildman–Crippen MR) is 82.8 cm³/mol. The lowest BCUT2D eigenvalue weighted by Gasteiger charge is -2.50. The van der Waals surface area contributed by atoms with E-state index in [9.17, 15) is 14.4 Å². The zero-order valence-corrected chi connectivity index (χ0v) is 14.6. The summed E-state index contributed by atoms with van der Waals surface area (Å²) < 4.78 is 11.9. The van der Waals surface area contributed by atoms with E-state index in [1.165, 1.54) is 12.8 Å². The molecule has 0 spiro atoms. The molecule has 20 heavy (non-hydrogen) atoms. The van der Waals surface area contributed by atoms with Crippen LogP contribution in [0.4, 0.5) is 0 Å². The second-order valence-corrected chi connectivity index (χ2v) is 8.04. The molecule has 0 amide bonds. The Hall–Kier alpha value is 0.150. The van der Waals surface area contributed by atoms with Crippen LogP contribution in [-0.4, -0.2) is 5.16 Å². The number of hydrogen-bond acceptors (Lipinski definition) is 3. The average Bonchev–Trinajstić information content (AvgIpc) is 2.39. The van der Waals surface area contributed by atoms with Crippen molar-refractivity contribution < 1.29 is 14.4 Å². The molecule has 0 aliphatic rings. The van der Waals surface area contributed by atoms with Gasteiger partial charge in [0.05, 0.1) is 0 Å². The van der Waals surface area contributed by atoms with Crippen LogP contribution in [0.15, 0.2) is 0 Å². The van der Waals surface area contributed by atoms with E-state index in [0.717, 1.165) is 44.9 Å². The molecule has 0 radical (unpaired) electrons. The molecule has 0 aromatic carbocycles. The van der Waals surface area contributed by atoms with E-state index in [1.54, 1.807) is 0 Å². The van der Waals surface area contributed by atoms with Gasteiger partial charge in [0.15, 0.2) is 0 Å². The van der Waals surface area contributed by atoms with Crippen molar-refractivity contribution in [2.45, 2.75) is 103 Å². The highest BCUT2D eigenvalue weighted by Crippen LogP contribution is 2.52. The minimum atomic E-state index is -4.52. The molecule has 0 bridgehead atoms. The van der Waals surface area contributed by atoms with Crippen LogP contribution in [0.1, 0.15) is 97.8 Å². The minimum absolute atomic E-state index is 0.557. The summed E-state index contributed by atoms with van der Waals surface area (Å²) in [7, 11) is -4.52. The van der Waals surface area contributed by atoms with Crippen molar-refractivity contribution in [2.24, 2.45) is 0 Å². The Labute approximate surface area is 125 Å². The summed E-state index contributed by atoms with van der Waals surface area (Å²) in [5, 5.41) is -0.967. The molecule has 0 heterocycles. The molecule has 0 saturated carbocycles. The summed E-state index contributed by atoms with van der Waals surface area (Å²) in [4.78, 5) is 23.7. The van der Waals surface area contributed by atoms with E-state index in [-0.39, 0.29) is 0 Å². The van der Waals surface area contributed by atoms with E-state index in [1.807, 2.05) is 13.8 Å². The van der Waals surface area contributed by atoms with E-state index >= 15 is 0 Å². The van der Waals surface area contributed by atoms with Gasteiger partial charge in [-0.2, -0.15) is 0 Å². The third-order valence-corrected chi connectivity index (χ3v) is 6.15. The Kier molecular flexibility index (Phi) is 10.9. The minimum Gasteiger partial charge on any atom is -0.810 e. The molecule has 0 unspecified atom stereocenters. The zero-order valence-electron chi connectivity index (χ0n) is 13.7. The number of rotatable bonds is 13. The Morgan fingerprint density at radius 1 is 0.700 bits per heavy atom. The highest BCUT2D eigenvalue weighted by molar-refractivity contribution is 7.50. The first-order valence-electron chi connectivity index (χ1n) is 8.45. The summed E-state index contributed by atoms with van der Waals surface area (Å²) in [6, 6.07) is 0. The standard InChI is InChI=1S/C16H35O3P/c1-4-7-10-11-12-15-16(13-8-5-2,14-9-6-3)20(17,18)19/h4-15H2,1-3H3,(H2,17,18,19)/p-2. The fourth-order valence-electron chi connectivity index (χ4n) is 2.86. The van der Waals surface area contributed by atoms with Crippen molar-refractivity contribution in [1.82, 2.24) is 0 Å². The van der Waals surface area contributed by atoms with Gasteiger partial charge in [0.25, 0.3) is 0 Å². The Bertz CT molecular complexity index is 265. The second-order valence-electron chi connectivity index (χ2n) is 6.09. The van der Waals surface area contributed by atoms with Gasteiger partial charge < -0.3 is 14.4 Å². The van der Waals surface area contributed by atoms with E-state index in [0.29, 0.717) is 19.3 Å². The van der Waals surface area contributed by atoms with Crippen LogP contribution >= 0.6 is 7.60 Å². The number of unbranched alkanes of at least 4 members (excludes halogenated alkanes) is 6. The van der Waals surface area contributed by atoms with Crippen LogP contribution in [-0.2, 0) is 4.57 Å². The molecule has 3 nitrogen and oxygen atoms in total. The van der Waals surface area contributed by atoms with E-state index in [2.05, 4.69) is 6.92 Å². The normalized spacial score (nSPS) is 12.8. The summed E-state index contributed by atoms with van der Waals surface area (Å²) in [5.41, 5.74) is 0. The predicted octanol–water partition coefficient (Wildman–Crippen LogP) is 4.38. The van der Waals surface area contributed by atoms with Gasteiger partial charge in [-0.25, -0.2) is 0 Å². The maximum atomic E-state index is 11.9. The molecule has 0 rings (SSSR count). The molecular formula is C16H33O3P-2. The molecule has 0 aromatic rings. The third kappa shape index (κ3) is 7.24. The first-order valence-corrected chi connectivity index (χ1v) is 10.00. The van der Waals surface area contributed by atoms with Crippen LogP contribution in [0, 0.1) is 0 Å². The first-order chi connectivity index (χ1) is 9.43. The summed E-state index contributed by atoms with van der Waals surface area (Å²) >= 11 is 0. The third-order valence-electron chi connectivity index (χ3n) is 4.32. The zero-order chi connectivity index (χ0) is 15.5. The van der Waals surface area contributed by atoms with Gasteiger partial charge in [-0.1, -0.05) is 86.2 Å². The van der Waals surface area contributed by atoms with Crippen molar-refractivity contribution >= 4 is 7.60 Å². The Morgan fingerprint density at radius 3 is 1.50 bits per heavy atom. The van der Waals surface area contributed by atoms with Gasteiger partial charge in [-0.05, 0) is 24.4 Å². The van der Waals surface area contributed by atoms with Crippen LogP contribution < -0.4 is 9.79 Å². The summed E-state index contributed by atoms with van der Waals surface area (Å²) in [6.45, 7) is 6.26. The highest BCUT2D eigenvalue weighted by Gasteiger charge is 2.32. The van der Waals surface area contributed by atoms with Gasteiger partial charge in [-0.3, -0.25) is 0 Å². The molecule has 0 aromatic heterocycles. The van der Waals surface area contributed by atoms with Gasteiger partial charge in [0.1, 0.15) is 0 Å². The lowest BCUT2D eigenvalue weighted by atomic mass is 9.89. The summed E-state index contributed by atoms with van der Waals surface area (Å²) in [6.07, 6.45) is 10.7. The van der Waals surface area contributed by atoms with Crippen molar-refractivity contribution in [3.63, 3.8) is 0 Å². The van der Waals surface area contributed by atoms with Gasteiger partial charge in [-0.15, -0.1) is 0 Å². The Balaban J connectivity index is 4.66. The molecule has 0 saturated heterocycles. The molecule has 0 aliphatic carbocycles. The highest BCUT2D eigenvalue weighted by atomic mass is 31.2. The van der Waals surface area contributed by atoms with E-state index < -0.39 is 12.8 Å². The Morgan fingerprint density at radius 2 is 1.10 bits per heavy atom. The molecule has 0 aliphatic heterocycles. The fourth-order valence-corrected chi connectivity index (χ4v) is 4.15.